The molecule has 0 spiro atoms. The lowest BCUT2D eigenvalue weighted by atomic mass is 9.86. The van der Waals surface area contributed by atoms with Crippen molar-refractivity contribution in [1.82, 2.24) is 9.88 Å². The van der Waals surface area contributed by atoms with E-state index in [9.17, 15) is 0 Å². The van der Waals surface area contributed by atoms with E-state index in [1.54, 1.807) is 0 Å². The van der Waals surface area contributed by atoms with Gasteiger partial charge in [0.25, 0.3) is 0 Å². The third kappa shape index (κ3) is 2.57. The van der Waals surface area contributed by atoms with Crippen LogP contribution in [-0.4, -0.2) is 35.6 Å². The number of likely N-dealkylation sites (N-methyl/N-ethyl adjacent to an activating group) is 1. The van der Waals surface area contributed by atoms with Crippen LogP contribution in [0.1, 0.15) is 31.9 Å². The molecule has 0 aliphatic heterocycles. The summed E-state index contributed by atoms with van der Waals surface area (Å²) >= 11 is 0. The number of nitrogens with zero attached hydrogens (tertiary/aromatic N) is 2. The van der Waals surface area contributed by atoms with E-state index in [-0.39, 0.29) is 5.54 Å². The maximum atomic E-state index is 6.07. The molecule has 3 nitrogen and oxygen atoms in total. The molecule has 0 saturated heterocycles. The summed E-state index contributed by atoms with van der Waals surface area (Å²) in [5, 5.41) is 0. The second kappa shape index (κ2) is 5.81. The Kier molecular flexibility index (Phi) is 4.36. The van der Waals surface area contributed by atoms with Crippen molar-refractivity contribution in [3.63, 3.8) is 0 Å². The molecular weight excluding hydrogens is 222 g/mol. The highest BCUT2D eigenvalue weighted by molar-refractivity contribution is 5.05. The minimum atomic E-state index is 0.217. The second-order valence-corrected chi connectivity index (χ2v) is 5.59. The fraction of sp³-hybridized carbons (Fsp3) is 0.667. The Morgan fingerprint density at radius 3 is 2.89 bits per heavy atom. The van der Waals surface area contributed by atoms with E-state index in [2.05, 4.69) is 36.0 Å². The van der Waals surface area contributed by atoms with Crippen LogP contribution >= 0.6 is 0 Å². The smallest absolute Gasteiger partial charge is 0.0416 e. The van der Waals surface area contributed by atoms with Gasteiger partial charge in [0.05, 0.1) is 0 Å². The third-order valence-electron chi connectivity index (χ3n) is 4.71. The van der Waals surface area contributed by atoms with Gasteiger partial charge < -0.3 is 5.73 Å². The molecule has 2 atom stereocenters. The molecule has 1 heterocycles. The molecule has 1 aliphatic rings. The molecule has 1 aromatic rings. The molecular formula is C15H25N3. The average Bonchev–Trinajstić information content (AvgIpc) is 2.79. The van der Waals surface area contributed by atoms with Crippen molar-refractivity contribution in [1.29, 1.82) is 0 Å². The van der Waals surface area contributed by atoms with Gasteiger partial charge in [-0.2, -0.15) is 0 Å². The summed E-state index contributed by atoms with van der Waals surface area (Å²) in [6.07, 6.45) is 6.73. The van der Waals surface area contributed by atoms with Crippen LogP contribution < -0.4 is 5.73 Å². The molecule has 2 unspecified atom stereocenters. The zero-order chi connectivity index (χ0) is 13.0. The zero-order valence-corrected chi connectivity index (χ0v) is 11.6. The van der Waals surface area contributed by atoms with Crippen molar-refractivity contribution in [3.8, 4) is 0 Å². The monoisotopic (exact) mass is 247 g/mol. The van der Waals surface area contributed by atoms with Crippen LogP contribution in [0.4, 0.5) is 0 Å². The molecule has 3 heteroatoms. The number of rotatable bonds is 5. The normalized spacial score (nSPS) is 27.9. The van der Waals surface area contributed by atoms with Crippen molar-refractivity contribution in [2.24, 2.45) is 11.7 Å². The lowest BCUT2D eigenvalue weighted by Gasteiger charge is -2.41. The van der Waals surface area contributed by atoms with E-state index < -0.39 is 0 Å². The van der Waals surface area contributed by atoms with Gasteiger partial charge in [0, 0.05) is 36.9 Å². The summed E-state index contributed by atoms with van der Waals surface area (Å²) in [6.45, 7) is 4.16. The van der Waals surface area contributed by atoms with Gasteiger partial charge in [-0.05, 0) is 37.9 Å². The second-order valence-electron chi connectivity index (χ2n) is 5.59. The van der Waals surface area contributed by atoms with Crippen molar-refractivity contribution >= 4 is 0 Å². The molecule has 1 aromatic heterocycles. The minimum absolute atomic E-state index is 0.217. The van der Waals surface area contributed by atoms with Crippen molar-refractivity contribution in [3.05, 3.63) is 30.1 Å². The summed E-state index contributed by atoms with van der Waals surface area (Å²) in [7, 11) is 2.22. The van der Waals surface area contributed by atoms with E-state index in [1.165, 1.54) is 25.0 Å². The number of hydrogen-bond donors (Lipinski definition) is 1. The molecule has 1 aliphatic carbocycles. The van der Waals surface area contributed by atoms with E-state index in [0.29, 0.717) is 5.92 Å². The topological polar surface area (TPSA) is 42.1 Å². The van der Waals surface area contributed by atoms with Crippen molar-refractivity contribution < 1.29 is 0 Å². The van der Waals surface area contributed by atoms with E-state index in [1.807, 2.05) is 12.3 Å². The fourth-order valence-electron chi connectivity index (χ4n) is 3.31. The Hall–Kier alpha value is -0.930. The minimum Gasteiger partial charge on any atom is -0.329 e. The van der Waals surface area contributed by atoms with E-state index in [4.69, 9.17) is 5.73 Å². The first-order chi connectivity index (χ1) is 8.69. The Morgan fingerprint density at radius 2 is 2.33 bits per heavy atom. The highest BCUT2D eigenvalue weighted by Crippen LogP contribution is 2.38. The molecule has 100 valence electrons. The van der Waals surface area contributed by atoms with Crippen LogP contribution in [0.3, 0.4) is 0 Å². The Morgan fingerprint density at radius 1 is 1.50 bits per heavy atom. The summed E-state index contributed by atoms with van der Waals surface area (Å²) in [4.78, 5) is 6.86. The first-order valence-corrected chi connectivity index (χ1v) is 7.00. The molecule has 1 saturated carbocycles. The molecule has 0 amide bonds. The Balaban J connectivity index is 1.96. The highest BCUT2D eigenvalue weighted by atomic mass is 15.2. The SMILES string of the molecule is CC1CCCC1(CN)N(C)CCc1ccccn1. The summed E-state index contributed by atoms with van der Waals surface area (Å²) < 4.78 is 0. The molecule has 0 aromatic carbocycles. The Bertz CT molecular complexity index is 365. The van der Waals surface area contributed by atoms with Crippen LogP contribution in [0, 0.1) is 5.92 Å². The van der Waals surface area contributed by atoms with Gasteiger partial charge >= 0.3 is 0 Å². The van der Waals surface area contributed by atoms with Gasteiger partial charge in [0.2, 0.25) is 0 Å². The fourth-order valence-corrected chi connectivity index (χ4v) is 3.31. The first-order valence-electron chi connectivity index (χ1n) is 7.00. The van der Waals surface area contributed by atoms with Crippen molar-refractivity contribution in [2.75, 3.05) is 20.1 Å². The van der Waals surface area contributed by atoms with Crippen molar-refractivity contribution in [2.45, 2.75) is 38.1 Å². The quantitative estimate of drug-likeness (QED) is 0.866. The van der Waals surface area contributed by atoms with Gasteiger partial charge in [-0.15, -0.1) is 0 Å². The van der Waals surface area contributed by atoms with Gasteiger partial charge in [0.15, 0.2) is 0 Å². The van der Waals surface area contributed by atoms with E-state index >= 15 is 0 Å². The predicted octanol–water partition coefficient (Wildman–Crippen LogP) is 2.07. The largest absolute Gasteiger partial charge is 0.329 e. The number of aromatic nitrogens is 1. The molecule has 1 fully saturated rings. The van der Waals surface area contributed by atoms with Gasteiger partial charge in [-0.25, -0.2) is 0 Å². The maximum Gasteiger partial charge on any atom is 0.0416 e. The number of hydrogen-bond acceptors (Lipinski definition) is 3. The van der Waals surface area contributed by atoms with Crippen LogP contribution in [0.2, 0.25) is 0 Å². The predicted molar refractivity (Wildman–Crippen MR) is 75.4 cm³/mol. The van der Waals surface area contributed by atoms with Crippen LogP contribution in [0.15, 0.2) is 24.4 Å². The van der Waals surface area contributed by atoms with Crippen LogP contribution in [0.25, 0.3) is 0 Å². The number of nitrogens with two attached hydrogens (primary N) is 1. The zero-order valence-electron chi connectivity index (χ0n) is 11.6. The summed E-state index contributed by atoms with van der Waals surface area (Å²) in [5.74, 6) is 0.705. The first kappa shape index (κ1) is 13.5. The standard InChI is InChI=1S/C15H25N3/c1-13-6-5-9-15(13,12-16)18(2)11-8-14-7-3-4-10-17-14/h3-4,7,10,13H,5-6,8-9,11-12,16H2,1-2H3. The van der Waals surface area contributed by atoms with Crippen LogP contribution in [0.5, 0.6) is 0 Å². The molecule has 2 N–H and O–H groups in total. The van der Waals surface area contributed by atoms with Gasteiger partial charge in [-0.3, -0.25) is 9.88 Å². The van der Waals surface area contributed by atoms with Crippen LogP contribution in [-0.2, 0) is 6.42 Å². The van der Waals surface area contributed by atoms with Gasteiger partial charge in [-0.1, -0.05) is 19.4 Å². The summed E-state index contributed by atoms with van der Waals surface area (Å²) in [5.41, 5.74) is 7.46. The summed E-state index contributed by atoms with van der Waals surface area (Å²) in [6, 6.07) is 6.12. The Labute approximate surface area is 110 Å². The van der Waals surface area contributed by atoms with Gasteiger partial charge in [0.1, 0.15) is 0 Å². The third-order valence-corrected chi connectivity index (χ3v) is 4.71. The molecule has 2 rings (SSSR count). The molecule has 0 radical (unpaired) electrons. The molecule has 18 heavy (non-hydrogen) atoms. The van der Waals surface area contributed by atoms with E-state index in [0.717, 1.165) is 19.5 Å². The maximum absolute atomic E-state index is 6.07. The molecule has 0 bridgehead atoms. The average molecular weight is 247 g/mol. The highest BCUT2D eigenvalue weighted by Gasteiger charge is 2.41. The number of pyridine rings is 1. The lowest BCUT2D eigenvalue weighted by molar-refractivity contribution is 0.0924. The lowest BCUT2D eigenvalue weighted by Crippen LogP contribution is -2.54.